The molecule has 2 aromatic heterocycles. The van der Waals surface area contributed by atoms with Crippen molar-refractivity contribution in [1.82, 2.24) is 9.97 Å². The zero-order valence-corrected chi connectivity index (χ0v) is 23.9. The molecule has 0 fully saturated rings. The lowest BCUT2D eigenvalue weighted by molar-refractivity contribution is 0.370. The normalized spacial score (nSPS) is 10.0. The van der Waals surface area contributed by atoms with Crippen LogP contribution in [0.2, 0.25) is 0 Å². The standard InChI is InChI=1S/C18H24N2O2.C14H14FNO2.CH4/c1-4-6-12-19-17-8-7-9-18(20-17)22-15-11-10-14(5-2)13-16(15)21-3;1-3-10-7-8-11(12(9-10)17-2)18-14-6-4-5-13(15)16-14;/h7-11,13H,4-6,12H2,1-3H3,(H,19,20);4-9H,3H2,1-2H3;1H4. The van der Waals surface area contributed by atoms with E-state index in [2.05, 4.69) is 36.1 Å². The minimum Gasteiger partial charge on any atom is -0.493 e. The Morgan fingerprint density at radius 2 is 1.22 bits per heavy atom. The highest BCUT2D eigenvalue weighted by molar-refractivity contribution is 5.46. The third-order valence-corrected chi connectivity index (χ3v) is 5.95. The lowest BCUT2D eigenvalue weighted by atomic mass is 10.1. The molecule has 0 radical (unpaired) electrons. The second-order valence-corrected chi connectivity index (χ2v) is 8.82. The van der Waals surface area contributed by atoms with Crippen molar-refractivity contribution < 1.29 is 23.3 Å². The first-order valence-corrected chi connectivity index (χ1v) is 13.5. The molecular weight excluding hydrogens is 521 g/mol. The number of ether oxygens (including phenoxy) is 4. The Kier molecular flexibility index (Phi) is 13.9. The van der Waals surface area contributed by atoms with Crippen LogP contribution in [-0.4, -0.2) is 30.7 Å². The first-order chi connectivity index (χ1) is 19.5. The topological polar surface area (TPSA) is 74.7 Å². The number of methoxy groups -OCH3 is 2. The number of halogens is 1. The van der Waals surface area contributed by atoms with Gasteiger partial charge in [-0.05, 0) is 66.8 Å². The summed E-state index contributed by atoms with van der Waals surface area (Å²) in [6, 6.07) is 21.7. The van der Waals surface area contributed by atoms with Gasteiger partial charge in [-0.25, -0.2) is 0 Å². The number of aromatic nitrogens is 2. The number of pyridine rings is 2. The van der Waals surface area contributed by atoms with Crippen LogP contribution in [0.25, 0.3) is 0 Å². The van der Waals surface area contributed by atoms with E-state index in [1.54, 1.807) is 32.4 Å². The molecule has 0 aliphatic carbocycles. The first kappa shape index (κ1) is 32.9. The summed E-state index contributed by atoms with van der Waals surface area (Å²) < 4.78 is 35.0. The van der Waals surface area contributed by atoms with Crippen LogP contribution >= 0.6 is 0 Å². The van der Waals surface area contributed by atoms with Crippen molar-refractivity contribution in [2.75, 3.05) is 26.1 Å². The van der Waals surface area contributed by atoms with E-state index in [1.165, 1.54) is 11.6 Å². The summed E-state index contributed by atoms with van der Waals surface area (Å²) >= 11 is 0. The van der Waals surface area contributed by atoms with Crippen LogP contribution in [-0.2, 0) is 12.8 Å². The number of nitrogens with zero attached hydrogens (tertiary/aromatic N) is 2. The molecule has 0 aliphatic heterocycles. The third-order valence-electron chi connectivity index (χ3n) is 5.95. The van der Waals surface area contributed by atoms with E-state index in [0.29, 0.717) is 23.1 Å². The number of unbranched alkanes of at least 4 members (excludes halogenated alkanes) is 1. The SMILES string of the molecule is C.CCCCNc1cccc(Oc2ccc(CC)cc2OC)n1.CCc1ccc(Oc2cccc(F)n2)c(OC)c1. The lowest BCUT2D eigenvalue weighted by Gasteiger charge is -2.12. The molecule has 0 amide bonds. The number of hydrogen-bond donors (Lipinski definition) is 1. The number of anilines is 1. The lowest BCUT2D eigenvalue weighted by Crippen LogP contribution is -2.03. The van der Waals surface area contributed by atoms with Gasteiger partial charge in [0.05, 0.1) is 14.2 Å². The maximum absolute atomic E-state index is 12.9. The molecule has 220 valence electrons. The van der Waals surface area contributed by atoms with E-state index in [0.717, 1.165) is 49.4 Å². The second-order valence-electron chi connectivity index (χ2n) is 8.82. The van der Waals surface area contributed by atoms with Gasteiger partial charge in [-0.1, -0.05) is 58.9 Å². The van der Waals surface area contributed by atoms with Crippen molar-refractivity contribution in [1.29, 1.82) is 0 Å². The van der Waals surface area contributed by atoms with Crippen molar-refractivity contribution in [2.45, 2.75) is 53.9 Å². The van der Waals surface area contributed by atoms with Crippen molar-refractivity contribution in [3.63, 3.8) is 0 Å². The van der Waals surface area contributed by atoms with Crippen molar-refractivity contribution in [2.24, 2.45) is 0 Å². The highest BCUT2D eigenvalue weighted by Gasteiger charge is 2.09. The monoisotopic (exact) mass is 563 g/mol. The molecule has 2 heterocycles. The maximum Gasteiger partial charge on any atom is 0.222 e. The van der Waals surface area contributed by atoms with Gasteiger partial charge in [0.1, 0.15) is 5.82 Å². The Labute approximate surface area is 243 Å². The van der Waals surface area contributed by atoms with Gasteiger partial charge in [0.25, 0.3) is 0 Å². The molecule has 4 rings (SSSR count). The molecule has 0 saturated heterocycles. The van der Waals surface area contributed by atoms with Gasteiger partial charge in [0, 0.05) is 18.7 Å². The van der Waals surface area contributed by atoms with E-state index in [1.807, 2.05) is 48.5 Å². The fourth-order valence-corrected chi connectivity index (χ4v) is 3.67. The Morgan fingerprint density at radius 3 is 1.71 bits per heavy atom. The molecular formula is C33H42FN3O4. The van der Waals surface area contributed by atoms with Crippen molar-refractivity contribution in [3.8, 4) is 34.8 Å². The highest BCUT2D eigenvalue weighted by atomic mass is 19.1. The molecule has 0 saturated carbocycles. The fraction of sp³-hybridized carbons (Fsp3) is 0.333. The van der Waals surface area contributed by atoms with E-state index in [4.69, 9.17) is 18.9 Å². The molecule has 1 N–H and O–H groups in total. The van der Waals surface area contributed by atoms with Crippen molar-refractivity contribution >= 4 is 5.82 Å². The average molecular weight is 564 g/mol. The molecule has 0 bridgehead atoms. The zero-order chi connectivity index (χ0) is 28.7. The van der Waals surface area contributed by atoms with Crippen LogP contribution < -0.4 is 24.3 Å². The zero-order valence-electron chi connectivity index (χ0n) is 23.9. The molecule has 0 atom stereocenters. The third kappa shape index (κ3) is 10.3. The fourth-order valence-electron chi connectivity index (χ4n) is 3.67. The summed E-state index contributed by atoms with van der Waals surface area (Å²) in [5.74, 6) is 3.56. The van der Waals surface area contributed by atoms with Gasteiger partial charge < -0.3 is 24.3 Å². The molecule has 4 aromatic rings. The van der Waals surface area contributed by atoms with Crippen LogP contribution in [0.15, 0.2) is 72.8 Å². The smallest absolute Gasteiger partial charge is 0.222 e. The number of benzene rings is 2. The highest BCUT2D eigenvalue weighted by Crippen LogP contribution is 2.33. The number of rotatable bonds is 12. The molecule has 8 heteroatoms. The average Bonchev–Trinajstić information content (AvgIpc) is 2.98. The van der Waals surface area contributed by atoms with Gasteiger partial charge in [-0.2, -0.15) is 14.4 Å². The summed E-state index contributed by atoms with van der Waals surface area (Å²) in [7, 11) is 3.22. The number of nitrogens with one attached hydrogen (secondary N) is 1. The first-order valence-electron chi connectivity index (χ1n) is 13.5. The molecule has 0 spiro atoms. The maximum atomic E-state index is 12.9. The quantitative estimate of drug-likeness (QED) is 0.136. The summed E-state index contributed by atoms with van der Waals surface area (Å²) in [6.45, 7) is 7.26. The van der Waals surface area contributed by atoms with Crippen LogP contribution in [0, 0.1) is 5.95 Å². The van der Waals surface area contributed by atoms with Gasteiger partial charge in [0.15, 0.2) is 23.0 Å². The van der Waals surface area contributed by atoms with Crippen LogP contribution in [0.1, 0.15) is 52.2 Å². The van der Waals surface area contributed by atoms with Gasteiger partial charge in [0.2, 0.25) is 17.7 Å². The van der Waals surface area contributed by atoms with Crippen molar-refractivity contribution in [3.05, 3.63) is 89.9 Å². The molecule has 0 unspecified atom stereocenters. The van der Waals surface area contributed by atoms with Crippen LogP contribution in [0.3, 0.4) is 0 Å². The Bertz CT molecular complexity index is 1350. The summed E-state index contributed by atoms with van der Waals surface area (Å²) in [4.78, 5) is 8.11. The number of hydrogen-bond acceptors (Lipinski definition) is 7. The van der Waals surface area contributed by atoms with Gasteiger partial charge >= 0.3 is 0 Å². The second kappa shape index (κ2) is 17.4. The van der Waals surface area contributed by atoms with Crippen LogP contribution in [0.4, 0.5) is 10.2 Å². The Balaban J connectivity index is 0.000000285. The van der Waals surface area contributed by atoms with Crippen LogP contribution in [0.5, 0.6) is 34.8 Å². The summed E-state index contributed by atoms with van der Waals surface area (Å²) in [5.41, 5.74) is 2.36. The van der Waals surface area contributed by atoms with E-state index < -0.39 is 5.95 Å². The summed E-state index contributed by atoms with van der Waals surface area (Å²) in [6.07, 6.45) is 4.16. The van der Waals surface area contributed by atoms with E-state index in [-0.39, 0.29) is 13.3 Å². The minimum absolute atomic E-state index is 0. The molecule has 0 aliphatic rings. The minimum atomic E-state index is -0.573. The van der Waals surface area contributed by atoms with E-state index in [9.17, 15) is 4.39 Å². The molecule has 7 nitrogen and oxygen atoms in total. The Morgan fingerprint density at radius 1 is 0.683 bits per heavy atom. The summed E-state index contributed by atoms with van der Waals surface area (Å²) in [5, 5.41) is 3.30. The largest absolute Gasteiger partial charge is 0.493 e. The predicted molar refractivity (Wildman–Crippen MR) is 163 cm³/mol. The van der Waals surface area contributed by atoms with Gasteiger partial charge in [-0.15, -0.1) is 0 Å². The Hall–Kier alpha value is -4.33. The molecule has 2 aromatic carbocycles. The van der Waals surface area contributed by atoms with Gasteiger partial charge in [-0.3, -0.25) is 0 Å². The number of aryl methyl sites for hydroxylation is 2. The molecule has 41 heavy (non-hydrogen) atoms. The van der Waals surface area contributed by atoms with E-state index >= 15 is 0 Å². The predicted octanol–water partition coefficient (Wildman–Crippen LogP) is 8.88.